The molecule has 1 aliphatic heterocycles. The van der Waals surface area contributed by atoms with Crippen LogP contribution >= 0.6 is 0 Å². The minimum absolute atomic E-state index is 0.0115. The molecule has 0 radical (unpaired) electrons. The summed E-state index contributed by atoms with van der Waals surface area (Å²) in [5, 5.41) is 0. The molecule has 4 rings (SSSR count). The summed E-state index contributed by atoms with van der Waals surface area (Å²) in [5.41, 5.74) is 3.18. The highest BCUT2D eigenvalue weighted by molar-refractivity contribution is 5.92. The van der Waals surface area contributed by atoms with Crippen molar-refractivity contribution in [3.8, 4) is 11.5 Å². The molecule has 8 heteroatoms. The zero-order valence-electron chi connectivity index (χ0n) is 24.7. The number of rotatable bonds is 16. The summed E-state index contributed by atoms with van der Waals surface area (Å²) in [6, 6.07) is 26.3. The second-order valence-electron chi connectivity index (χ2n) is 10.00. The predicted molar refractivity (Wildman–Crippen MR) is 164 cm³/mol. The Morgan fingerprint density at radius 2 is 1.52 bits per heavy atom. The highest BCUT2D eigenvalue weighted by Gasteiger charge is 2.20. The smallest absolute Gasteiger partial charge is 0.246 e. The summed E-state index contributed by atoms with van der Waals surface area (Å²) in [6.45, 7) is 5.80. The number of amides is 1. The van der Waals surface area contributed by atoms with Crippen molar-refractivity contribution < 1.29 is 28.5 Å². The van der Waals surface area contributed by atoms with E-state index in [1.54, 1.807) is 20.3 Å². The lowest BCUT2D eigenvalue weighted by atomic mass is 10.0. The first-order chi connectivity index (χ1) is 20.7. The normalized spacial score (nSPS) is 14.0. The summed E-state index contributed by atoms with van der Waals surface area (Å²) in [7, 11) is 3.21. The van der Waals surface area contributed by atoms with Crippen molar-refractivity contribution in [2.75, 3.05) is 73.6 Å². The number of carbonyl (C=O) groups is 1. The molecule has 42 heavy (non-hydrogen) atoms. The molecule has 0 atom stereocenters. The van der Waals surface area contributed by atoms with E-state index in [9.17, 15) is 4.79 Å². The second kappa shape index (κ2) is 17.3. The van der Waals surface area contributed by atoms with Gasteiger partial charge in [0.1, 0.15) is 6.10 Å². The third-order valence-corrected chi connectivity index (χ3v) is 7.13. The van der Waals surface area contributed by atoms with Crippen molar-refractivity contribution in [3.05, 3.63) is 102 Å². The first kappa shape index (κ1) is 31.3. The average Bonchev–Trinajstić information content (AvgIpc) is 3.05. The first-order valence-electron chi connectivity index (χ1n) is 14.5. The summed E-state index contributed by atoms with van der Waals surface area (Å²) < 4.78 is 27.8. The van der Waals surface area contributed by atoms with Gasteiger partial charge in [-0.15, -0.1) is 0 Å². The van der Waals surface area contributed by atoms with Gasteiger partial charge in [-0.1, -0.05) is 66.7 Å². The van der Waals surface area contributed by atoms with E-state index in [1.165, 1.54) is 0 Å². The quantitative estimate of drug-likeness (QED) is 0.135. The zero-order chi connectivity index (χ0) is 29.4. The molecule has 1 fully saturated rings. The minimum Gasteiger partial charge on any atom is -0.493 e. The van der Waals surface area contributed by atoms with E-state index in [1.807, 2.05) is 41.3 Å². The maximum absolute atomic E-state index is 12.8. The molecule has 224 valence electrons. The number of methoxy groups -OCH3 is 2. The van der Waals surface area contributed by atoms with Crippen LogP contribution in [-0.4, -0.2) is 89.3 Å². The van der Waals surface area contributed by atoms with E-state index in [0.29, 0.717) is 44.4 Å². The number of hydrogen-bond acceptors (Lipinski definition) is 7. The van der Waals surface area contributed by atoms with E-state index in [2.05, 4.69) is 53.4 Å². The van der Waals surface area contributed by atoms with Gasteiger partial charge in [0.2, 0.25) is 5.91 Å². The van der Waals surface area contributed by atoms with Crippen LogP contribution < -0.4 is 9.47 Å². The molecule has 1 heterocycles. The number of nitrogens with zero attached hydrogens (tertiary/aromatic N) is 2. The van der Waals surface area contributed by atoms with Crippen LogP contribution in [0.4, 0.5) is 0 Å². The maximum atomic E-state index is 12.8. The number of hydrogen-bond donors (Lipinski definition) is 0. The van der Waals surface area contributed by atoms with Gasteiger partial charge in [0, 0.05) is 52.5 Å². The molecule has 0 spiro atoms. The van der Waals surface area contributed by atoms with Gasteiger partial charge < -0.3 is 28.6 Å². The van der Waals surface area contributed by atoms with Gasteiger partial charge in [0.15, 0.2) is 18.3 Å². The first-order valence-corrected chi connectivity index (χ1v) is 14.5. The Balaban J connectivity index is 1.18. The lowest BCUT2D eigenvalue weighted by molar-refractivity contribution is -0.127. The fourth-order valence-electron chi connectivity index (χ4n) is 4.81. The monoisotopic (exact) mass is 574 g/mol. The van der Waals surface area contributed by atoms with Gasteiger partial charge in [-0.2, -0.15) is 0 Å². The predicted octanol–water partition coefficient (Wildman–Crippen LogP) is 5.05. The summed E-state index contributed by atoms with van der Waals surface area (Å²) >= 11 is 0. The van der Waals surface area contributed by atoms with E-state index >= 15 is 0 Å². The molecule has 3 aromatic rings. The van der Waals surface area contributed by atoms with Crippen LogP contribution in [0.15, 0.2) is 84.9 Å². The third kappa shape index (κ3) is 9.70. The van der Waals surface area contributed by atoms with Crippen molar-refractivity contribution in [1.82, 2.24) is 9.80 Å². The van der Waals surface area contributed by atoms with Gasteiger partial charge in [-0.25, -0.2) is 0 Å². The third-order valence-electron chi connectivity index (χ3n) is 7.13. The molecular formula is C34H42N2O6. The highest BCUT2D eigenvalue weighted by atomic mass is 16.7. The summed E-state index contributed by atoms with van der Waals surface area (Å²) in [6.07, 6.45) is 4.30. The molecule has 0 aromatic heterocycles. The highest BCUT2D eigenvalue weighted by Crippen LogP contribution is 2.29. The van der Waals surface area contributed by atoms with Crippen LogP contribution in [0.2, 0.25) is 0 Å². The van der Waals surface area contributed by atoms with Crippen LogP contribution in [-0.2, 0) is 19.0 Å². The number of ether oxygens (including phenoxy) is 5. The van der Waals surface area contributed by atoms with Gasteiger partial charge in [0.25, 0.3) is 0 Å². The Morgan fingerprint density at radius 3 is 2.17 bits per heavy atom. The van der Waals surface area contributed by atoms with E-state index in [0.717, 1.165) is 42.7 Å². The Kier molecular flexibility index (Phi) is 12.9. The minimum atomic E-state index is -0.0718. The van der Waals surface area contributed by atoms with Crippen molar-refractivity contribution in [2.24, 2.45) is 0 Å². The van der Waals surface area contributed by atoms with Crippen LogP contribution in [0.1, 0.15) is 29.2 Å². The Hall–Kier alpha value is -3.69. The largest absolute Gasteiger partial charge is 0.493 e. The zero-order valence-corrected chi connectivity index (χ0v) is 24.7. The van der Waals surface area contributed by atoms with Gasteiger partial charge >= 0.3 is 0 Å². The van der Waals surface area contributed by atoms with Crippen LogP contribution in [0.5, 0.6) is 11.5 Å². The van der Waals surface area contributed by atoms with Gasteiger partial charge in [0.05, 0.1) is 20.3 Å². The van der Waals surface area contributed by atoms with E-state index in [-0.39, 0.29) is 18.8 Å². The molecule has 0 aliphatic carbocycles. The number of benzene rings is 3. The van der Waals surface area contributed by atoms with Crippen molar-refractivity contribution in [1.29, 1.82) is 0 Å². The fraction of sp³-hybridized carbons (Fsp3) is 0.382. The maximum Gasteiger partial charge on any atom is 0.246 e. The van der Waals surface area contributed by atoms with Crippen LogP contribution in [0, 0.1) is 0 Å². The molecule has 1 saturated heterocycles. The van der Waals surface area contributed by atoms with E-state index in [4.69, 9.17) is 23.7 Å². The Morgan fingerprint density at radius 1 is 0.833 bits per heavy atom. The van der Waals surface area contributed by atoms with Crippen molar-refractivity contribution >= 4 is 12.0 Å². The molecule has 1 aliphatic rings. The molecular weight excluding hydrogens is 532 g/mol. The Labute approximate surface area is 249 Å². The average molecular weight is 575 g/mol. The molecule has 0 bridgehead atoms. The lowest BCUT2D eigenvalue weighted by Gasteiger charge is -2.34. The van der Waals surface area contributed by atoms with Crippen LogP contribution in [0.25, 0.3) is 6.08 Å². The fourth-order valence-corrected chi connectivity index (χ4v) is 4.81. The molecule has 3 aromatic carbocycles. The molecule has 8 nitrogen and oxygen atoms in total. The number of piperazine rings is 1. The van der Waals surface area contributed by atoms with Crippen molar-refractivity contribution in [3.63, 3.8) is 0 Å². The molecule has 0 unspecified atom stereocenters. The van der Waals surface area contributed by atoms with Gasteiger partial charge in [-0.3, -0.25) is 9.69 Å². The van der Waals surface area contributed by atoms with Gasteiger partial charge in [-0.05, 0) is 41.3 Å². The Bertz CT molecular complexity index is 1190. The standard InChI is InChI=1S/C34H42N2O6/c1-38-24-25-40-27-42-31-16-14-28(26-32(31)39-2)15-17-33(37)36-21-19-35(20-22-36)18-9-23-41-34(29-10-5-3-6-11-29)30-12-7-4-8-13-30/h3-8,10-17,26,34H,9,18-25,27H2,1-2H3. The lowest BCUT2D eigenvalue weighted by Crippen LogP contribution is -2.48. The second-order valence-corrected chi connectivity index (χ2v) is 10.00. The molecule has 0 saturated carbocycles. The topological polar surface area (TPSA) is 69.7 Å². The van der Waals surface area contributed by atoms with Crippen LogP contribution in [0.3, 0.4) is 0 Å². The SMILES string of the molecule is COCCOCOc1ccc(C=CC(=O)N2CCN(CCCOC(c3ccccc3)c3ccccc3)CC2)cc1OC. The molecule has 1 amide bonds. The summed E-state index contributed by atoms with van der Waals surface area (Å²) in [5.74, 6) is 1.17. The van der Waals surface area contributed by atoms with Crippen molar-refractivity contribution in [2.45, 2.75) is 12.5 Å². The molecule has 0 N–H and O–H groups in total. The number of carbonyl (C=O) groups excluding carboxylic acids is 1. The summed E-state index contributed by atoms with van der Waals surface area (Å²) in [4.78, 5) is 17.2. The van der Waals surface area contributed by atoms with E-state index < -0.39 is 0 Å².